The second-order valence-corrected chi connectivity index (χ2v) is 6.97. The molecule has 0 aliphatic heterocycles. The second-order valence-electron chi connectivity index (χ2n) is 4.43. The van der Waals surface area contributed by atoms with Crippen molar-refractivity contribution in [2.24, 2.45) is 0 Å². The number of benzene rings is 1. The number of halogens is 1. The lowest BCUT2D eigenvalue weighted by atomic mass is 10.3. The van der Waals surface area contributed by atoms with Gasteiger partial charge in [-0.05, 0) is 50.3 Å². The van der Waals surface area contributed by atoms with Crippen LogP contribution >= 0.6 is 23.8 Å². The summed E-state index contributed by atoms with van der Waals surface area (Å²) in [4.78, 5) is 0.149. The Balaban J connectivity index is 2.27. The van der Waals surface area contributed by atoms with E-state index in [1.165, 1.54) is 24.3 Å². The molecular weight excluding hydrogens is 332 g/mol. The van der Waals surface area contributed by atoms with E-state index in [0.29, 0.717) is 22.2 Å². The van der Waals surface area contributed by atoms with Crippen LogP contribution in [0.5, 0.6) is 0 Å². The molecule has 0 saturated carbocycles. The normalized spacial score (nSPS) is 13.3. The Morgan fingerprint density at radius 2 is 2.05 bits per heavy atom. The summed E-state index contributed by atoms with van der Waals surface area (Å²) in [6, 6.07) is 5.45. The topological polar surface area (TPSA) is 79.8 Å². The SMILES string of the molecule is CCn1c([C@H](C)NS(=O)(=O)c2ccc(Cl)cc2)n[nH]c1=S. The van der Waals surface area contributed by atoms with E-state index in [4.69, 9.17) is 23.8 Å². The van der Waals surface area contributed by atoms with E-state index in [9.17, 15) is 8.42 Å². The van der Waals surface area contributed by atoms with Crippen molar-refractivity contribution in [3.8, 4) is 0 Å². The van der Waals surface area contributed by atoms with E-state index in [-0.39, 0.29) is 4.90 Å². The quantitative estimate of drug-likeness (QED) is 0.816. The molecule has 6 nitrogen and oxygen atoms in total. The number of aromatic nitrogens is 3. The molecule has 0 aliphatic carbocycles. The molecule has 1 aromatic heterocycles. The maximum Gasteiger partial charge on any atom is 0.241 e. The first-order valence-electron chi connectivity index (χ1n) is 6.28. The van der Waals surface area contributed by atoms with Gasteiger partial charge in [0.05, 0.1) is 10.9 Å². The molecule has 114 valence electrons. The highest BCUT2D eigenvalue weighted by atomic mass is 35.5. The van der Waals surface area contributed by atoms with Gasteiger partial charge in [-0.1, -0.05) is 11.6 Å². The van der Waals surface area contributed by atoms with Gasteiger partial charge in [-0.25, -0.2) is 13.1 Å². The average molecular weight is 347 g/mol. The van der Waals surface area contributed by atoms with Crippen molar-refractivity contribution < 1.29 is 8.42 Å². The molecule has 0 saturated heterocycles. The summed E-state index contributed by atoms with van der Waals surface area (Å²) in [6.07, 6.45) is 0. The van der Waals surface area contributed by atoms with Crippen molar-refractivity contribution in [3.05, 3.63) is 39.9 Å². The molecule has 0 unspecified atom stereocenters. The first-order chi connectivity index (χ1) is 9.85. The van der Waals surface area contributed by atoms with E-state index >= 15 is 0 Å². The summed E-state index contributed by atoms with van der Waals surface area (Å²) in [5.74, 6) is 0.542. The van der Waals surface area contributed by atoms with Crippen LogP contribution in [0, 0.1) is 4.77 Å². The van der Waals surface area contributed by atoms with Crippen LogP contribution in [0.4, 0.5) is 0 Å². The third-order valence-electron chi connectivity index (χ3n) is 2.95. The van der Waals surface area contributed by atoms with Crippen LogP contribution in [-0.2, 0) is 16.6 Å². The van der Waals surface area contributed by atoms with Gasteiger partial charge in [0.1, 0.15) is 5.82 Å². The number of H-pyrrole nitrogens is 1. The van der Waals surface area contributed by atoms with Crippen molar-refractivity contribution in [2.45, 2.75) is 31.3 Å². The number of sulfonamides is 1. The Labute approximate surface area is 133 Å². The lowest BCUT2D eigenvalue weighted by molar-refractivity contribution is 0.546. The second kappa shape index (κ2) is 6.27. The molecule has 0 radical (unpaired) electrons. The van der Waals surface area contributed by atoms with Crippen molar-refractivity contribution >= 4 is 33.8 Å². The standard InChI is InChI=1S/C12H15ClN4O2S2/c1-3-17-11(14-15-12(17)20)8(2)16-21(18,19)10-6-4-9(13)5-7-10/h4-8,16H,3H2,1-2H3,(H,15,20)/t8-/m0/s1. The Morgan fingerprint density at radius 3 is 2.62 bits per heavy atom. The summed E-state index contributed by atoms with van der Waals surface area (Å²) < 4.78 is 29.4. The fourth-order valence-electron chi connectivity index (χ4n) is 1.93. The fourth-order valence-corrected chi connectivity index (χ4v) is 3.53. The summed E-state index contributed by atoms with van der Waals surface area (Å²) in [5.41, 5.74) is 0. The highest BCUT2D eigenvalue weighted by Crippen LogP contribution is 2.17. The third-order valence-corrected chi connectivity index (χ3v) is 5.07. The first kappa shape index (κ1) is 16.2. The summed E-state index contributed by atoms with van der Waals surface area (Å²) in [6.45, 7) is 4.23. The van der Waals surface area contributed by atoms with Gasteiger partial charge in [0.15, 0.2) is 4.77 Å². The van der Waals surface area contributed by atoms with Gasteiger partial charge in [-0.2, -0.15) is 5.10 Å². The lowest BCUT2D eigenvalue weighted by Crippen LogP contribution is -2.28. The minimum atomic E-state index is -3.65. The van der Waals surface area contributed by atoms with Gasteiger partial charge >= 0.3 is 0 Å². The first-order valence-corrected chi connectivity index (χ1v) is 8.55. The molecule has 0 amide bonds. The van der Waals surface area contributed by atoms with Gasteiger partial charge in [0, 0.05) is 11.6 Å². The zero-order valence-electron chi connectivity index (χ0n) is 11.5. The van der Waals surface area contributed by atoms with Crippen LogP contribution in [0.1, 0.15) is 25.7 Å². The van der Waals surface area contributed by atoms with Crippen molar-refractivity contribution in [1.29, 1.82) is 0 Å². The average Bonchev–Trinajstić information content (AvgIpc) is 2.80. The van der Waals surface area contributed by atoms with Gasteiger partial charge in [-0.3, -0.25) is 5.10 Å². The molecule has 9 heteroatoms. The van der Waals surface area contributed by atoms with E-state index in [0.717, 1.165) is 0 Å². The minimum absolute atomic E-state index is 0.149. The number of nitrogens with zero attached hydrogens (tertiary/aromatic N) is 2. The lowest BCUT2D eigenvalue weighted by Gasteiger charge is -2.14. The molecule has 2 N–H and O–H groups in total. The largest absolute Gasteiger partial charge is 0.303 e. The molecule has 1 aromatic carbocycles. The van der Waals surface area contributed by atoms with Crippen molar-refractivity contribution in [3.63, 3.8) is 0 Å². The Morgan fingerprint density at radius 1 is 1.43 bits per heavy atom. The highest BCUT2D eigenvalue weighted by Gasteiger charge is 2.21. The van der Waals surface area contributed by atoms with Gasteiger partial charge in [0.2, 0.25) is 10.0 Å². The number of nitrogens with one attached hydrogen (secondary N) is 2. The van der Waals surface area contributed by atoms with Crippen LogP contribution < -0.4 is 4.72 Å². The van der Waals surface area contributed by atoms with Gasteiger partial charge < -0.3 is 4.57 Å². The molecule has 0 spiro atoms. The summed E-state index contributed by atoms with van der Waals surface area (Å²) >= 11 is 10.9. The zero-order valence-corrected chi connectivity index (χ0v) is 13.9. The maximum absolute atomic E-state index is 12.3. The van der Waals surface area contributed by atoms with Crippen LogP contribution in [0.25, 0.3) is 0 Å². The van der Waals surface area contributed by atoms with Crippen LogP contribution in [0.3, 0.4) is 0 Å². The molecular formula is C12H15ClN4O2S2. The molecule has 0 fully saturated rings. The molecule has 21 heavy (non-hydrogen) atoms. The molecule has 0 bridgehead atoms. The van der Waals surface area contributed by atoms with E-state index < -0.39 is 16.1 Å². The van der Waals surface area contributed by atoms with E-state index in [1.807, 2.05) is 6.92 Å². The highest BCUT2D eigenvalue weighted by molar-refractivity contribution is 7.89. The van der Waals surface area contributed by atoms with E-state index in [2.05, 4.69) is 14.9 Å². The predicted molar refractivity (Wildman–Crippen MR) is 83.3 cm³/mol. The molecule has 0 aliphatic rings. The number of hydrogen-bond acceptors (Lipinski definition) is 4. The molecule has 2 rings (SSSR count). The summed E-state index contributed by atoms with van der Waals surface area (Å²) in [7, 11) is -3.65. The van der Waals surface area contributed by atoms with Crippen molar-refractivity contribution in [1.82, 2.24) is 19.5 Å². The number of hydrogen-bond donors (Lipinski definition) is 2. The summed E-state index contributed by atoms with van der Waals surface area (Å²) in [5, 5.41) is 7.22. The fraction of sp³-hybridized carbons (Fsp3) is 0.333. The number of aromatic amines is 1. The van der Waals surface area contributed by atoms with Crippen molar-refractivity contribution in [2.75, 3.05) is 0 Å². The number of rotatable bonds is 5. The molecule has 1 atom stereocenters. The van der Waals surface area contributed by atoms with Gasteiger partial charge in [0.25, 0.3) is 0 Å². The Kier molecular flexibility index (Phi) is 4.82. The molecule has 2 aromatic rings. The smallest absolute Gasteiger partial charge is 0.241 e. The maximum atomic E-state index is 12.3. The van der Waals surface area contributed by atoms with Crippen LogP contribution in [-0.4, -0.2) is 23.2 Å². The van der Waals surface area contributed by atoms with Crippen LogP contribution in [0.15, 0.2) is 29.2 Å². The third kappa shape index (κ3) is 3.52. The van der Waals surface area contributed by atoms with Crippen LogP contribution in [0.2, 0.25) is 5.02 Å². The monoisotopic (exact) mass is 346 g/mol. The Hall–Kier alpha value is -1.22. The van der Waals surface area contributed by atoms with E-state index in [1.54, 1.807) is 11.5 Å². The molecule has 1 heterocycles. The Bertz CT molecular complexity index is 780. The predicted octanol–water partition coefficient (Wildman–Crippen LogP) is 2.65. The van der Waals surface area contributed by atoms with Gasteiger partial charge in [-0.15, -0.1) is 0 Å². The zero-order chi connectivity index (χ0) is 15.6. The minimum Gasteiger partial charge on any atom is -0.303 e.